The maximum absolute atomic E-state index is 14.1. The van der Waals surface area contributed by atoms with Gasteiger partial charge in [-0.15, -0.1) is 0 Å². The topological polar surface area (TPSA) is 23.6 Å². The molecular formula is C13H24F2N2O. The summed E-state index contributed by atoms with van der Waals surface area (Å²) in [6.45, 7) is 5.00. The molecule has 1 atom stereocenters. The van der Waals surface area contributed by atoms with Crippen molar-refractivity contribution in [2.24, 2.45) is 0 Å². The van der Waals surface area contributed by atoms with Gasteiger partial charge in [0, 0.05) is 20.0 Å². The van der Waals surface area contributed by atoms with Crippen molar-refractivity contribution in [2.75, 3.05) is 26.7 Å². The number of halogens is 2. The summed E-state index contributed by atoms with van der Waals surface area (Å²) >= 11 is 0. The first-order valence-corrected chi connectivity index (χ1v) is 6.78. The first-order chi connectivity index (χ1) is 8.42. The molecule has 5 heteroatoms. The lowest BCUT2D eigenvalue weighted by Crippen LogP contribution is -2.58. The van der Waals surface area contributed by atoms with Crippen LogP contribution in [0.5, 0.6) is 0 Å². The minimum atomic E-state index is -2.80. The lowest BCUT2D eigenvalue weighted by molar-refractivity contribution is -0.153. The molecule has 0 saturated carbocycles. The SMILES string of the molecule is CCCC(=O)N(C)C1CCN(CCC)CC1(F)F. The highest BCUT2D eigenvalue weighted by molar-refractivity contribution is 5.76. The van der Waals surface area contributed by atoms with Crippen LogP contribution in [0.1, 0.15) is 39.5 Å². The molecule has 0 N–H and O–H groups in total. The minimum Gasteiger partial charge on any atom is -0.337 e. The Hall–Kier alpha value is -0.710. The molecule has 0 radical (unpaired) electrons. The first kappa shape index (κ1) is 15.3. The molecule has 1 unspecified atom stereocenters. The molecule has 1 saturated heterocycles. The van der Waals surface area contributed by atoms with Gasteiger partial charge in [-0.25, -0.2) is 8.78 Å². The molecule has 106 valence electrons. The van der Waals surface area contributed by atoms with Gasteiger partial charge in [-0.1, -0.05) is 13.8 Å². The minimum absolute atomic E-state index is 0.175. The number of alkyl halides is 2. The van der Waals surface area contributed by atoms with Gasteiger partial charge in [-0.05, 0) is 25.8 Å². The van der Waals surface area contributed by atoms with E-state index in [2.05, 4.69) is 0 Å². The second kappa shape index (κ2) is 6.45. The highest BCUT2D eigenvalue weighted by atomic mass is 19.3. The summed E-state index contributed by atoms with van der Waals surface area (Å²) in [6.07, 6.45) is 2.29. The number of hydrogen-bond acceptors (Lipinski definition) is 2. The third-order valence-corrected chi connectivity index (χ3v) is 3.51. The van der Waals surface area contributed by atoms with Crippen LogP contribution in [0.25, 0.3) is 0 Å². The van der Waals surface area contributed by atoms with E-state index in [0.717, 1.165) is 6.42 Å². The quantitative estimate of drug-likeness (QED) is 0.759. The van der Waals surface area contributed by atoms with Crippen molar-refractivity contribution in [1.29, 1.82) is 0 Å². The third-order valence-electron chi connectivity index (χ3n) is 3.51. The maximum atomic E-state index is 14.1. The smallest absolute Gasteiger partial charge is 0.280 e. The number of likely N-dealkylation sites (tertiary alicyclic amines) is 1. The Morgan fingerprint density at radius 1 is 1.39 bits per heavy atom. The van der Waals surface area contributed by atoms with Crippen molar-refractivity contribution in [3.63, 3.8) is 0 Å². The summed E-state index contributed by atoms with van der Waals surface area (Å²) in [5.41, 5.74) is 0. The number of piperidine rings is 1. The Morgan fingerprint density at radius 2 is 2.06 bits per heavy atom. The fourth-order valence-corrected chi connectivity index (χ4v) is 2.55. The second-order valence-electron chi connectivity index (χ2n) is 5.10. The molecule has 1 fully saturated rings. The van der Waals surface area contributed by atoms with Gasteiger partial charge in [-0.2, -0.15) is 0 Å². The normalized spacial score (nSPS) is 23.9. The number of nitrogens with zero attached hydrogens (tertiary/aromatic N) is 2. The van der Waals surface area contributed by atoms with Crippen molar-refractivity contribution in [1.82, 2.24) is 9.80 Å². The molecule has 3 nitrogen and oxygen atoms in total. The Balaban J connectivity index is 2.64. The molecule has 1 amide bonds. The fraction of sp³-hybridized carbons (Fsp3) is 0.923. The Labute approximate surface area is 108 Å². The van der Waals surface area contributed by atoms with E-state index in [4.69, 9.17) is 0 Å². The fourth-order valence-electron chi connectivity index (χ4n) is 2.55. The average Bonchev–Trinajstić information content (AvgIpc) is 2.28. The van der Waals surface area contributed by atoms with Crippen molar-refractivity contribution < 1.29 is 13.6 Å². The van der Waals surface area contributed by atoms with Crippen LogP contribution >= 0.6 is 0 Å². The van der Waals surface area contributed by atoms with Crippen LogP contribution in [0.3, 0.4) is 0 Å². The Kier molecular flexibility index (Phi) is 5.50. The molecule has 1 heterocycles. The molecule has 0 spiro atoms. The molecule has 0 aliphatic carbocycles. The number of rotatable bonds is 5. The van der Waals surface area contributed by atoms with Crippen LogP contribution in [0.4, 0.5) is 8.78 Å². The van der Waals surface area contributed by atoms with E-state index >= 15 is 0 Å². The second-order valence-corrected chi connectivity index (χ2v) is 5.10. The van der Waals surface area contributed by atoms with Gasteiger partial charge in [-0.3, -0.25) is 9.69 Å². The van der Waals surface area contributed by atoms with Crippen LogP contribution in [0, 0.1) is 0 Å². The van der Waals surface area contributed by atoms with Gasteiger partial charge in [0.2, 0.25) is 5.91 Å². The number of carbonyl (C=O) groups excluding carboxylic acids is 1. The van der Waals surface area contributed by atoms with E-state index in [-0.39, 0.29) is 12.5 Å². The summed E-state index contributed by atoms with van der Waals surface area (Å²) in [7, 11) is 1.51. The highest BCUT2D eigenvalue weighted by Gasteiger charge is 2.47. The maximum Gasteiger partial charge on any atom is 0.280 e. The van der Waals surface area contributed by atoms with Crippen molar-refractivity contribution in [2.45, 2.75) is 51.5 Å². The summed E-state index contributed by atoms with van der Waals surface area (Å²) in [5, 5.41) is 0. The molecule has 1 aliphatic heterocycles. The molecule has 0 aromatic carbocycles. The van der Waals surface area contributed by atoms with Crippen LogP contribution in [-0.2, 0) is 4.79 Å². The van der Waals surface area contributed by atoms with E-state index in [0.29, 0.717) is 32.4 Å². The molecule has 1 aliphatic rings. The van der Waals surface area contributed by atoms with Gasteiger partial charge < -0.3 is 4.90 Å². The lowest BCUT2D eigenvalue weighted by atomic mass is 9.98. The van der Waals surface area contributed by atoms with E-state index in [1.165, 1.54) is 11.9 Å². The van der Waals surface area contributed by atoms with E-state index in [9.17, 15) is 13.6 Å². The van der Waals surface area contributed by atoms with Gasteiger partial charge >= 0.3 is 0 Å². The third kappa shape index (κ3) is 3.64. The van der Waals surface area contributed by atoms with Crippen LogP contribution in [0.15, 0.2) is 0 Å². The predicted molar refractivity (Wildman–Crippen MR) is 67.8 cm³/mol. The first-order valence-electron chi connectivity index (χ1n) is 6.78. The van der Waals surface area contributed by atoms with Crippen LogP contribution in [0.2, 0.25) is 0 Å². The van der Waals surface area contributed by atoms with E-state index in [1.54, 1.807) is 4.90 Å². The van der Waals surface area contributed by atoms with Crippen LogP contribution < -0.4 is 0 Å². The number of carbonyl (C=O) groups is 1. The molecule has 0 bridgehead atoms. The highest BCUT2D eigenvalue weighted by Crippen LogP contribution is 2.31. The van der Waals surface area contributed by atoms with Crippen LogP contribution in [-0.4, -0.2) is 54.4 Å². The number of hydrogen-bond donors (Lipinski definition) is 0. The van der Waals surface area contributed by atoms with E-state index < -0.39 is 12.0 Å². The Morgan fingerprint density at radius 3 is 2.56 bits per heavy atom. The zero-order valence-electron chi connectivity index (χ0n) is 11.6. The van der Waals surface area contributed by atoms with Gasteiger partial charge in [0.15, 0.2) is 0 Å². The molecule has 1 rings (SSSR count). The van der Waals surface area contributed by atoms with Gasteiger partial charge in [0.05, 0.1) is 12.6 Å². The number of amides is 1. The van der Waals surface area contributed by atoms with E-state index in [1.807, 2.05) is 13.8 Å². The zero-order valence-corrected chi connectivity index (χ0v) is 11.6. The predicted octanol–water partition coefficient (Wildman–Crippen LogP) is 2.36. The standard InChI is InChI=1S/C13H24F2N2O/c1-4-6-12(18)16(3)11-7-9-17(8-5-2)10-13(11,14)15/h11H,4-10H2,1-3H3. The molecule has 18 heavy (non-hydrogen) atoms. The largest absolute Gasteiger partial charge is 0.337 e. The van der Waals surface area contributed by atoms with Crippen molar-refractivity contribution in [3.8, 4) is 0 Å². The average molecular weight is 262 g/mol. The summed E-state index contributed by atoms with van der Waals surface area (Å²) in [5.74, 6) is -2.97. The van der Waals surface area contributed by atoms with Crippen molar-refractivity contribution in [3.05, 3.63) is 0 Å². The van der Waals surface area contributed by atoms with Gasteiger partial charge in [0.25, 0.3) is 5.92 Å². The Bertz CT molecular complexity index is 284. The summed E-state index contributed by atoms with van der Waals surface area (Å²) < 4.78 is 28.1. The van der Waals surface area contributed by atoms with Gasteiger partial charge in [0.1, 0.15) is 0 Å². The summed E-state index contributed by atoms with van der Waals surface area (Å²) in [6, 6.07) is -0.940. The molecular weight excluding hydrogens is 238 g/mol. The van der Waals surface area contributed by atoms with Crippen molar-refractivity contribution >= 4 is 5.91 Å². The monoisotopic (exact) mass is 262 g/mol. The zero-order chi connectivity index (χ0) is 13.8. The lowest BCUT2D eigenvalue weighted by Gasteiger charge is -2.42. The molecule has 0 aromatic rings. The summed E-state index contributed by atoms with van der Waals surface area (Å²) in [4.78, 5) is 14.8. The molecule has 0 aromatic heterocycles.